The van der Waals surface area contributed by atoms with Crippen LogP contribution < -0.4 is 0 Å². The van der Waals surface area contributed by atoms with E-state index in [0.29, 0.717) is 5.02 Å². The molecule has 4 heteroatoms. The monoisotopic (exact) mass is 228 g/mol. The van der Waals surface area contributed by atoms with Crippen molar-refractivity contribution in [2.75, 3.05) is 0 Å². The molecule has 0 heterocycles. The van der Waals surface area contributed by atoms with Crippen LogP contribution >= 0.6 is 11.6 Å². The van der Waals surface area contributed by atoms with Gasteiger partial charge in [-0.15, -0.1) is 0 Å². The Bertz CT molecular complexity index is 385. The number of phenols is 1. The average molecular weight is 229 g/mol. The Kier molecular flexibility index (Phi) is 3.25. The second kappa shape index (κ2) is 4.11. The maximum atomic E-state index is 10.7. The van der Waals surface area contributed by atoms with Gasteiger partial charge in [-0.05, 0) is 17.7 Å². The maximum absolute atomic E-state index is 10.7. The highest BCUT2D eigenvalue weighted by atomic mass is 35.5. The summed E-state index contributed by atoms with van der Waals surface area (Å²) in [7, 11) is 0. The van der Waals surface area contributed by atoms with E-state index in [2.05, 4.69) is 0 Å². The predicted molar refractivity (Wildman–Crippen MR) is 58.4 cm³/mol. The summed E-state index contributed by atoms with van der Waals surface area (Å²) in [6.07, 6.45) is -0.00248. The van der Waals surface area contributed by atoms with E-state index in [1.54, 1.807) is 19.9 Å². The van der Waals surface area contributed by atoms with E-state index in [9.17, 15) is 9.90 Å². The highest BCUT2D eigenvalue weighted by molar-refractivity contribution is 6.31. The van der Waals surface area contributed by atoms with E-state index in [1.165, 1.54) is 12.1 Å². The van der Waals surface area contributed by atoms with Gasteiger partial charge in [-0.2, -0.15) is 0 Å². The van der Waals surface area contributed by atoms with Crippen LogP contribution in [0.15, 0.2) is 18.2 Å². The van der Waals surface area contributed by atoms with Crippen molar-refractivity contribution in [3.8, 4) is 5.75 Å². The Morgan fingerprint density at radius 1 is 1.47 bits per heavy atom. The third-order valence-corrected chi connectivity index (χ3v) is 2.59. The summed E-state index contributed by atoms with van der Waals surface area (Å²) in [6.45, 7) is 3.61. The summed E-state index contributed by atoms with van der Waals surface area (Å²) in [5.74, 6) is -0.793. The minimum absolute atomic E-state index is 0.00248. The molecule has 0 saturated heterocycles. The minimum atomic E-state index is -0.871. The van der Waals surface area contributed by atoms with Crippen LogP contribution in [0.3, 0.4) is 0 Å². The molecule has 0 bridgehead atoms. The van der Waals surface area contributed by atoms with Crippen LogP contribution in [-0.4, -0.2) is 16.2 Å². The van der Waals surface area contributed by atoms with Gasteiger partial charge in [0.1, 0.15) is 5.75 Å². The molecule has 0 saturated carbocycles. The summed E-state index contributed by atoms with van der Waals surface area (Å²) in [4.78, 5) is 10.7. The number of rotatable bonds is 3. The van der Waals surface area contributed by atoms with Gasteiger partial charge < -0.3 is 10.2 Å². The number of carboxylic acid groups (broad SMARTS) is 1. The molecule has 1 rings (SSSR count). The number of hydrogen-bond donors (Lipinski definition) is 2. The zero-order valence-electron chi connectivity index (χ0n) is 8.62. The fourth-order valence-corrected chi connectivity index (χ4v) is 1.96. The fraction of sp³-hybridized carbons (Fsp3) is 0.364. The molecule has 0 aliphatic rings. The van der Waals surface area contributed by atoms with Gasteiger partial charge in [0.2, 0.25) is 0 Å². The number of hydrogen-bond acceptors (Lipinski definition) is 2. The van der Waals surface area contributed by atoms with Crippen molar-refractivity contribution >= 4 is 17.6 Å². The average Bonchev–Trinajstić information content (AvgIpc) is 1.99. The van der Waals surface area contributed by atoms with Crippen molar-refractivity contribution in [3.63, 3.8) is 0 Å². The number of phenolic OH excluding ortho intramolecular Hbond substituents is 1. The molecule has 0 atom stereocenters. The van der Waals surface area contributed by atoms with Crippen LogP contribution in [0.25, 0.3) is 0 Å². The molecule has 15 heavy (non-hydrogen) atoms. The zero-order valence-corrected chi connectivity index (χ0v) is 9.38. The fourth-order valence-electron chi connectivity index (χ4n) is 1.53. The molecular weight excluding hydrogens is 216 g/mol. The van der Waals surface area contributed by atoms with Crippen LogP contribution in [0, 0.1) is 0 Å². The Morgan fingerprint density at radius 3 is 2.53 bits per heavy atom. The number of aliphatic carboxylic acids is 1. The SMILES string of the molecule is CC(C)(CC(=O)O)c1ccc(O)cc1Cl. The van der Waals surface area contributed by atoms with E-state index < -0.39 is 11.4 Å². The number of halogens is 1. The lowest BCUT2D eigenvalue weighted by atomic mass is 9.81. The van der Waals surface area contributed by atoms with E-state index >= 15 is 0 Å². The van der Waals surface area contributed by atoms with Crippen LogP contribution in [0.4, 0.5) is 0 Å². The van der Waals surface area contributed by atoms with Gasteiger partial charge in [0.05, 0.1) is 6.42 Å². The minimum Gasteiger partial charge on any atom is -0.508 e. The van der Waals surface area contributed by atoms with E-state index in [1.807, 2.05) is 0 Å². The molecule has 0 fully saturated rings. The summed E-state index contributed by atoms with van der Waals surface area (Å²) in [5, 5.41) is 18.3. The van der Waals surface area contributed by atoms with E-state index in [0.717, 1.165) is 5.56 Å². The topological polar surface area (TPSA) is 57.5 Å². The van der Waals surface area contributed by atoms with Crippen LogP contribution in [0.5, 0.6) is 5.75 Å². The van der Waals surface area contributed by atoms with Crippen molar-refractivity contribution in [2.45, 2.75) is 25.7 Å². The van der Waals surface area contributed by atoms with Crippen molar-refractivity contribution in [2.24, 2.45) is 0 Å². The second-order valence-electron chi connectivity index (χ2n) is 4.12. The van der Waals surface area contributed by atoms with Gasteiger partial charge in [0.15, 0.2) is 0 Å². The lowest BCUT2D eigenvalue weighted by molar-refractivity contribution is -0.138. The zero-order chi connectivity index (χ0) is 11.6. The summed E-state index contributed by atoms with van der Waals surface area (Å²) in [5.41, 5.74) is 0.181. The summed E-state index contributed by atoms with van der Waals surface area (Å²) < 4.78 is 0. The first-order valence-electron chi connectivity index (χ1n) is 4.54. The third-order valence-electron chi connectivity index (χ3n) is 2.27. The first-order valence-corrected chi connectivity index (χ1v) is 4.91. The van der Waals surface area contributed by atoms with Crippen molar-refractivity contribution in [3.05, 3.63) is 28.8 Å². The molecular formula is C11H13ClO3. The summed E-state index contributed by atoms with van der Waals surface area (Å²) in [6, 6.07) is 4.58. The quantitative estimate of drug-likeness (QED) is 0.837. The lowest BCUT2D eigenvalue weighted by Crippen LogP contribution is -2.22. The standard InChI is InChI=1S/C11H13ClO3/c1-11(2,6-10(14)15)8-4-3-7(13)5-9(8)12/h3-5,13H,6H2,1-2H3,(H,14,15). The third kappa shape index (κ3) is 2.86. The Labute approximate surface area is 93.3 Å². The molecule has 1 aromatic carbocycles. The number of carbonyl (C=O) groups is 1. The van der Waals surface area contributed by atoms with Gasteiger partial charge >= 0.3 is 5.97 Å². The lowest BCUT2D eigenvalue weighted by Gasteiger charge is -2.24. The molecule has 1 aromatic rings. The van der Waals surface area contributed by atoms with E-state index in [-0.39, 0.29) is 12.2 Å². The normalized spacial score (nSPS) is 11.4. The maximum Gasteiger partial charge on any atom is 0.304 e. The Morgan fingerprint density at radius 2 is 2.07 bits per heavy atom. The number of aromatic hydroxyl groups is 1. The van der Waals surface area contributed by atoms with Crippen molar-refractivity contribution in [1.29, 1.82) is 0 Å². The molecule has 0 unspecified atom stereocenters. The van der Waals surface area contributed by atoms with E-state index in [4.69, 9.17) is 16.7 Å². The first-order chi connectivity index (χ1) is 6.83. The van der Waals surface area contributed by atoms with Crippen LogP contribution in [0.1, 0.15) is 25.8 Å². The van der Waals surface area contributed by atoms with Crippen LogP contribution in [-0.2, 0) is 10.2 Å². The molecule has 0 aromatic heterocycles. The molecule has 0 radical (unpaired) electrons. The van der Waals surface area contributed by atoms with Gasteiger partial charge in [-0.25, -0.2) is 0 Å². The van der Waals surface area contributed by atoms with Crippen molar-refractivity contribution in [1.82, 2.24) is 0 Å². The smallest absolute Gasteiger partial charge is 0.304 e. The summed E-state index contributed by atoms with van der Waals surface area (Å²) >= 11 is 5.94. The highest BCUT2D eigenvalue weighted by Crippen LogP contribution is 2.34. The molecule has 2 N–H and O–H groups in total. The molecule has 0 amide bonds. The molecule has 3 nitrogen and oxygen atoms in total. The van der Waals surface area contributed by atoms with Crippen LogP contribution in [0.2, 0.25) is 5.02 Å². The highest BCUT2D eigenvalue weighted by Gasteiger charge is 2.26. The van der Waals surface area contributed by atoms with Crippen molar-refractivity contribution < 1.29 is 15.0 Å². The largest absolute Gasteiger partial charge is 0.508 e. The molecule has 0 aliphatic heterocycles. The Hall–Kier alpha value is -1.22. The number of carboxylic acids is 1. The molecule has 0 aliphatic carbocycles. The molecule has 82 valence electrons. The van der Waals surface area contributed by atoms with Gasteiger partial charge in [0, 0.05) is 10.4 Å². The number of benzene rings is 1. The van der Waals surface area contributed by atoms with Gasteiger partial charge in [0.25, 0.3) is 0 Å². The Balaban J connectivity index is 3.09. The van der Waals surface area contributed by atoms with Gasteiger partial charge in [-0.1, -0.05) is 31.5 Å². The first kappa shape index (κ1) is 11.9. The molecule has 0 spiro atoms. The van der Waals surface area contributed by atoms with Gasteiger partial charge in [-0.3, -0.25) is 4.79 Å². The second-order valence-corrected chi connectivity index (χ2v) is 4.53. The predicted octanol–water partition coefficient (Wildman–Crippen LogP) is 2.80.